The number of H-pyrrole nitrogens is 1. The molecule has 0 spiro atoms. The zero-order valence-electron chi connectivity index (χ0n) is 27.1. The monoisotopic (exact) mass is 680 g/mol. The number of ether oxygens (including phenoxy) is 1. The first kappa shape index (κ1) is 33.3. The van der Waals surface area contributed by atoms with Gasteiger partial charge in [-0.05, 0) is 46.6 Å². The van der Waals surface area contributed by atoms with Crippen LogP contribution in [0.5, 0.6) is 0 Å². The number of rotatable bonds is 10. The number of nitrogens with one attached hydrogen (secondary N) is 1. The molecule has 0 unspecified atom stereocenters. The molecule has 0 saturated carbocycles. The van der Waals surface area contributed by atoms with Crippen LogP contribution in [0.3, 0.4) is 0 Å². The second-order valence-corrected chi connectivity index (χ2v) is 20.3. The smallest absolute Gasteiger partial charge is 0.330 e. The topological polar surface area (TPSA) is 73.3 Å². The van der Waals surface area contributed by atoms with Gasteiger partial charge in [-0.25, -0.2) is 4.79 Å². The van der Waals surface area contributed by atoms with Crippen molar-refractivity contribution < 1.29 is 9.16 Å². The molecule has 5 aromatic rings. The molecule has 1 saturated heterocycles. The number of aromatic nitrogens is 2. The summed E-state index contributed by atoms with van der Waals surface area (Å²) in [6.45, 7) is 8.85. The van der Waals surface area contributed by atoms with E-state index in [0.29, 0.717) is 18.6 Å². The van der Waals surface area contributed by atoms with Crippen molar-refractivity contribution in [2.75, 3.05) is 6.61 Å². The van der Waals surface area contributed by atoms with Gasteiger partial charge in [0, 0.05) is 28.0 Å². The molecule has 0 radical (unpaired) electrons. The van der Waals surface area contributed by atoms with Gasteiger partial charge in [-0.15, -0.1) is 23.5 Å². The van der Waals surface area contributed by atoms with Gasteiger partial charge < -0.3 is 9.16 Å². The lowest BCUT2D eigenvalue weighted by molar-refractivity contribution is -0.0224. The highest BCUT2D eigenvalue weighted by Gasteiger charge is 2.55. The Kier molecular flexibility index (Phi) is 9.82. The minimum Gasteiger partial charge on any atom is -0.405 e. The van der Waals surface area contributed by atoms with Crippen LogP contribution in [0.4, 0.5) is 0 Å². The summed E-state index contributed by atoms with van der Waals surface area (Å²) in [5.41, 5.74) is -0.442. The average molecular weight is 681 g/mol. The lowest BCUT2D eigenvalue weighted by Crippen LogP contribution is -2.67. The van der Waals surface area contributed by atoms with Crippen LogP contribution in [0, 0.1) is 6.92 Å². The van der Waals surface area contributed by atoms with Crippen molar-refractivity contribution in [3.8, 4) is 0 Å². The van der Waals surface area contributed by atoms with Gasteiger partial charge >= 0.3 is 5.69 Å². The summed E-state index contributed by atoms with van der Waals surface area (Å²) in [4.78, 5) is 30.6. The second-order valence-electron chi connectivity index (χ2n) is 12.9. The molecule has 0 amide bonds. The molecule has 9 heteroatoms. The van der Waals surface area contributed by atoms with Crippen molar-refractivity contribution in [1.82, 2.24) is 9.55 Å². The van der Waals surface area contributed by atoms with Crippen molar-refractivity contribution in [3.63, 3.8) is 0 Å². The van der Waals surface area contributed by atoms with E-state index in [9.17, 15) is 9.59 Å². The van der Waals surface area contributed by atoms with Gasteiger partial charge in [0.15, 0.2) is 6.23 Å². The molecule has 0 bridgehead atoms. The van der Waals surface area contributed by atoms with Gasteiger partial charge in [-0.1, -0.05) is 118 Å². The van der Waals surface area contributed by atoms with Crippen molar-refractivity contribution in [3.05, 3.63) is 154 Å². The van der Waals surface area contributed by atoms with Crippen LogP contribution in [-0.2, 0) is 9.16 Å². The normalized spacial score (nSPS) is 17.9. The van der Waals surface area contributed by atoms with Gasteiger partial charge in [0.05, 0.1) is 12.7 Å². The van der Waals surface area contributed by atoms with E-state index < -0.39 is 29.9 Å². The van der Waals surface area contributed by atoms with Gasteiger partial charge in [-0.2, -0.15) is 0 Å². The number of benzene rings is 4. The highest BCUT2D eigenvalue weighted by atomic mass is 32.2. The summed E-state index contributed by atoms with van der Waals surface area (Å²) in [7, 11) is -2.85. The predicted molar refractivity (Wildman–Crippen MR) is 195 cm³/mol. The van der Waals surface area contributed by atoms with Crippen molar-refractivity contribution >= 4 is 42.2 Å². The molecular weight excluding hydrogens is 641 g/mol. The Bertz CT molecular complexity index is 1810. The number of hydrogen-bond donors (Lipinski definition) is 1. The Hall–Kier alpha value is -3.60. The number of thioether (sulfide) groups is 2. The fraction of sp³-hybridized carbons (Fsp3) is 0.263. The Morgan fingerprint density at radius 3 is 1.74 bits per heavy atom. The maximum absolute atomic E-state index is 13.5. The van der Waals surface area contributed by atoms with Gasteiger partial charge in [0.1, 0.15) is 4.08 Å². The molecule has 47 heavy (non-hydrogen) atoms. The Labute approximate surface area is 285 Å². The first-order valence-corrected chi connectivity index (χ1v) is 19.4. The predicted octanol–water partition coefficient (Wildman–Crippen LogP) is 6.99. The Balaban J connectivity index is 1.45. The summed E-state index contributed by atoms with van der Waals surface area (Å²) >= 11 is 3.39. The van der Waals surface area contributed by atoms with Crippen LogP contribution in [0.2, 0.25) is 5.04 Å². The molecule has 2 heterocycles. The third-order valence-corrected chi connectivity index (χ3v) is 16.5. The van der Waals surface area contributed by atoms with E-state index in [1.54, 1.807) is 41.2 Å². The van der Waals surface area contributed by atoms with E-state index in [0.717, 1.165) is 9.79 Å². The van der Waals surface area contributed by atoms with Crippen molar-refractivity contribution in [1.29, 1.82) is 0 Å². The standard InChI is InChI=1S/C38H40N2O4S2Si/c1-28-26-40(36(42)39-34(28)41)35-38(45-30-17-9-5-10-18-30,46-31-19-11-6-12-20-31)25-29(44-35)27-43-47(37(2,3)4,32-21-13-7-14-22-32)33-23-15-8-16-24-33/h5-24,26,29,35H,25,27H2,1-4H3,(H,39,41,42)/t29-,35-/m0/s1. The number of hydrogen-bond acceptors (Lipinski definition) is 6. The molecular formula is C38H40N2O4S2Si. The maximum atomic E-state index is 13.5. The van der Waals surface area contributed by atoms with Crippen LogP contribution in [0.25, 0.3) is 0 Å². The molecule has 1 aliphatic heterocycles. The number of aromatic amines is 1. The molecule has 6 rings (SSSR count). The second kappa shape index (κ2) is 13.9. The van der Waals surface area contributed by atoms with Gasteiger partial charge in [0.25, 0.3) is 13.9 Å². The number of nitrogens with zero attached hydrogens (tertiary/aromatic N) is 1. The van der Waals surface area contributed by atoms with E-state index in [1.807, 2.05) is 48.5 Å². The highest BCUT2D eigenvalue weighted by molar-refractivity contribution is 8.18. The van der Waals surface area contributed by atoms with Gasteiger partial charge in [0.2, 0.25) is 0 Å². The van der Waals surface area contributed by atoms with E-state index in [-0.39, 0.29) is 11.1 Å². The van der Waals surface area contributed by atoms with Crippen LogP contribution in [0.1, 0.15) is 39.0 Å². The summed E-state index contributed by atoms with van der Waals surface area (Å²) < 4.78 is 15.2. The van der Waals surface area contributed by atoms with E-state index in [2.05, 4.69) is 98.6 Å². The van der Waals surface area contributed by atoms with E-state index >= 15 is 0 Å². The SMILES string of the molecule is Cc1cn([C@H]2O[C@H](CO[Si](c3ccccc3)(c3ccccc3)C(C)(C)C)CC2(Sc2ccccc2)Sc2ccccc2)c(=O)[nH]c1=O. The molecule has 1 N–H and O–H groups in total. The van der Waals surface area contributed by atoms with E-state index in [1.165, 1.54) is 10.4 Å². The fourth-order valence-corrected chi connectivity index (χ4v) is 14.2. The average Bonchev–Trinajstić information content (AvgIpc) is 3.41. The summed E-state index contributed by atoms with van der Waals surface area (Å²) in [5, 5.41) is 2.20. The zero-order chi connectivity index (χ0) is 33.1. The lowest BCUT2D eigenvalue weighted by atomic mass is 10.2. The minimum absolute atomic E-state index is 0.199. The molecule has 0 aliphatic carbocycles. The molecule has 242 valence electrons. The lowest BCUT2D eigenvalue weighted by Gasteiger charge is -2.43. The highest BCUT2D eigenvalue weighted by Crippen LogP contribution is 2.59. The molecule has 4 aromatic carbocycles. The summed E-state index contributed by atoms with van der Waals surface area (Å²) in [6, 6.07) is 41.6. The van der Waals surface area contributed by atoms with Crippen molar-refractivity contribution in [2.45, 2.75) is 65.4 Å². The largest absolute Gasteiger partial charge is 0.405 e. The Morgan fingerprint density at radius 1 is 0.809 bits per heavy atom. The number of aryl methyl sites for hydroxylation is 1. The minimum atomic E-state index is -2.85. The van der Waals surface area contributed by atoms with Crippen LogP contribution in [0.15, 0.2) is 147 Å². The summed E-state index contributed by atoms with van der Waals surface area (Å²) in [6.07, 6.45) is 1.18. The fourth-order valence-electron chi connectivity index (χ4n) is 6.45. The molecule has 2 atom stereocenters. The first-order chi connectivity index (χ1) is 22.6. The Morgan fingerprint density at radius 2 is 1.28 bits per heavy atom. The van der Waals surface area contributed by atoms with E-state index in [4.69, 9.17) is 9.16 Å². The third-order valence-electron chi connectivity index (χ3n) is 8.58. The zero-order valence-corrected chi connectivity index (χ0v) is 29.7. The van der Waals surface area contributed by atoms with Crippen LogP contribution < -0.4 is 21.6 Å². The molecule has 1 aromatic heterocycles. The van der Waals surface area contributed by atoms with Crippen molar-refractivity contribution in [2.24, 2.45) is 0 Å². The first-order valence-electron chi connectivity index (χ1n) is 15.8. The van der Waals surface area contributed by atoms with Crippen LogP contribution >= 0.6 is 23.5 Å². The maximum Gasteiger partial charge on any atom is 0.330 e. The van der Waals surface area contributed by atoms with Gasteiger partial charge in [-0.3, -0.25) is 14.3 Å². The quantitative estimate of drug-likeness (QED) is 0.127. The molecule has 1 fully saturated rings. The third kappa shape index (κ3) is 6.86. The van der Waals surface area contributed by atoms with Crippen LogP contribution in [-0.4, -0.2) is 34.7 Å². The summed E-state index contributed by atoms with van der Waals surface area (Å²) in [5.74, 6) is 0. The molecule has 6 nitrogen and oxygen atoms in total. The molecule has 1 aliphatic rings.